The molecule has 0 bridgehead atoms. The van der Waals surface area contributed by atoms with Gasteiger partial charge in [0.1, 0.15) is 17.0 Å². The number of nitrogens with zero attached hydrogens (tertiary/aromatic N) is 1. The van der Waals surface area contributed by atoms with Gasteiger partial charge in [0.15, 0.2) is 11.5 Å². The minimum atomic E-state index is -0.495. The number of carbonyl (C=O) groups excluding carboxylic acids is 2. The zero-order valence-corrected chi connectivity index (χ0v) is 16.1. The van der Waals surface area contributed by atoms with E-state index in [0.29, 0.717) is 44.6 Å². The van der Waals surface area contributed by atoms with E-state index in [1.165, 1.54) is 39.7 Å². The molecule has 7 heteroatoms. The largest absolute Gasteiger partial charge is 0.495 e. The number of fused-ring (bicyclic) bond motifs is 3. The first-order valence-corrected chi connectivity index (χ1v) is 8.32. The highest BCUT2D eigenvalue weighted by Crippen LogP contribution is 2.50. The molecule has 142 valence electrons. The fourth-order valence-electron chi connectivity index (χ4n) is 3.53. The van der Waals surface area contributed by atoms with Crippen molar-refractivity contribution in [3.63, 3.8) is 0 Å². The first-order chi connectivity index (χ1) is 12.9. The van der Waals surface area contributed by atoms with Gasteiger partial charge in [-0.3, -0.25) is 14.2 Å². The van der Waals surface area contributed by atoms with Crippen LogP contribution in [0.4, 0.5) is 0 Å². The van der Waals surface area contributed by atoms with Crippen molar-refractivity contribution in [3.05, 3.63) is 23.8 Å². The van der Waals surface area contributed by atoms with Gasteiger partial charge in [-0.1, -0.05) is 12.1 Å². The molecule has 27 heavy (non-hydrogen) atoms. The molecule has 1 heterocycles. The molecule has 0 atom stereocenters. The minimum absolute atomic E-state index is 0.226. The fraction of sp³-hybridized carbons (Fsp3) is 0.300. The maximum absolute atomic E-state index is 12.6. The number of hydrogen-bond donors (Lipinski definition) is 0. The molecule has 0 saturated carbocycles. The standard InChI is InChI=1S/C20H21NO6/c1-10-18(25-5)17-15(20(19(10)26-6)27-12(3)23)13-8-7-9-14(24-4)16(13)21(17)11(2)22/h7-9H,1-6H3. The number of ether oxygens (including phenoxy) is 4. The average molecular weight is 371 g/mol. The van der Waals surface area contributed by atoms with Crippen molar-refractivity contribution in [2.24, 2.45) is 0 Å². The summed E-state index contributed by atoms with van der Waals surface area (Å²) in [5, 5.41) is 1.24. The molecule has 0 aliphatic rings. The Balaban J connectivity index is 2.72. The molecule has 0 aliphatic heterocycles. The lowest BCUT2D eigenvalue weighted by atomic mass is 10.1. The van der Waals surface area contributed by atoms with Gasteiger partial charge in [-0.05, 0) is 13.0 Å². The number of methoxy groups -OCH3 is 3. The predicted octanol–water partition coefficient (Wildman–Crippen LogP) is 3.71. The first-order valence-electron chi connectivity index (χ1n) is 8.32. The molecule has 0 N–H and O–H groups in total. The Bertz CT molecular complexity index is 1080. The first kappa shape index (κ1) is 18.6. The number of rotatable bonds is 4. The summed E-state index contributed by atoms with van der Waals surface area (Å²) in [6, 6.07) is 5.41. The summed E-state index contributed by atoms with van der Waals surface area (Å²) in [6.07, 6.45) is 0. The van der Waals surface area contributed by atoms with Crippen molar-refractivity contribution in [1.82, 2.24) is 4.57 Å². The lowest BCUT2D eigenvalue weighted by Crippen LogP contribution is -2.09. The van der Waals surface area contributed by atoms with Gasteiger partial charge in [0.25, 0.3) is 0 Å². The predicted molar refractivity (Wildman–Crippen MR) is 101 cm³/mol. The van der Waals surface area contributed by atoms with E-state index in [1.54, 1.807) is 19.1 Å². The molecule has 0 spiro atoms. The Morgan fingerprint density at radius 3 is 2.07 bits per heavy atom. The molecule has 3 rings (SSSR count). The molecular weight excluding hydrogens is 350 g/mol. The summed E-state index contributed by atoms with van der Waals surface area (Å²) in [5.74, 6) is 0.885. The van der Waals surface area contributed by atoms with Crippen molar-refractivity contribution >= 4 is 33.7 Å². The maximum atomic E-state index is 12.6. The molecule has 0 fully saturated rings. The molecular formula is C20H21NO6. The number of carbonyl (C=O) groups is 2. The monoisotopic (exact) mass is 371 g/mol. The molecule has 0 saturated heterocycles. The van der Waals surface area contributed by atoms with E-state index in [-0.39, 0.29) is 11.7 Å². The van der Waals surface area contributed by atoms with Crippen LogP contribution >= 0.6 is 0 Å². The molecule has 3 aromatic rings. The summed E-state index contributed by atoms with van der Waals surface area (Å²) in [6.45, 7) is 4.55. The Kier molecular flexibility index (Phi) is 4.70. The van der Waals surface area contributed by atoms with Gasteiger partial charge in [0, 0.05) is 24.8 Å². The van der Waals surface area contributed by atoms with Gasteiger partial charge in [-0.2, -0.15) is 0 Å². The molecule has 1 aromatic heterocycles. The third kappa shape index (κ3) is 2.66. The summed E-state index contributed by atoms with van der Waals surface area (Å²) in [7, 11) is 4.55. The van der Waals surface area contributed by atoms with Gasteiger partial charge in [0.05, 0.1) is 32.2 Å². The lowest BCUT2D eigenvalue weighted by Gasteiger charge is -2.17. The summed E-state index contributed by atoms with van der Waals surface area (Å²) < 4.78 is 23.7. The Labute approximate surface area is 156 Å². The number of aromatic nitrogens is 1. The van der Waals surface area contributed by atoms with Gasteiger partial charge < -0.3 is 18.9 Å². The zero-order chi connectivity index (χ0) is 19.9. The van der Waals surface area contributed by atoms with E-state index in [0.717, 1.165) is 0 Å². The van der Waals surface area contributed by atoms with Crippen LogP contribution in [0.2, 0.25) is 0 Å². The zero-order valence-electron chi connectivity index (χ0n) is 16.1. The van der Waals surface area contributed by atoms with Crippen molar-refractivity contribution in [2.45, 2.75) is 20.8 Å². The van der Waals surface area contributed by atoms with Gasteiger partial charge in [-0.25, -0.2) is 0 Å². The Morgan fingerprint density at radius 1 is 0.889 bits per heavy atom. The topological polar surface area (TPSA) is 76.0 Å². The summed E-state index contributed by atoms with van der Waals surface area (Å²) in [5.41, 5.74) is 1.69. The highest BCUT2D eigenvalue weighted by molar-refractivity contribution is 6.20. The van der Waals surface area contributed by atoms with Crippen LogP contribution in [0.15, 0.2) is 18.2 Å². The summed E-state index contributed by atoms with van der Waals surface area (Å²) >= 11 is 0. The number of benzene rings is 2. The van der Waals surface area contributed by atoms with E-state index in [9.17, 15) is 9.59 Å². The van der Waals surface area contributed by atoms with Crippen LogP contribution in [0, 0.1) is 6.92 Å². The van der Waals surface area contributed by atoms with Crippen molar-refractivity contribution in [2.75, 3.05) is 21.3 Å². The van der Waals surface area contributed by atoms with E-state index in [4.69, 9.17) is 18.9 Å². The number of esters is 1. The van der Waals surface area contributed by atoms with Gasteiger partial charge in [-0.15, -0.1) is 0 Å². The lowest BCUT2D eigenvalue weighted by molar-refractivity contribution is -0.131. The maximum Gasteiger partial charge on any atom is 0.308 e. The van der Waals surface area contributed by atoms with Crippen molar-refractivity contribution in [1.29, 1.82) is 0 Å². The van der Waals surface area contributed by atoms with Crippen LogP contribution in [0.3, 0.4) is 0 Å². The number of para-hydroxylation sites is 1. The van der Waals surface area contributed by atoms with E-state index >= 15 is 0 Å². The van der Waals surface area contributed by atoms with Crippen LogP contribution in [-0.2, 0) is 4.79 Å². The van der Waals surface area contributed by atoms with Crippen molar-refractivity contribution in [3.8, 4) is 23.0 Å². The third-order valence-corrected chi connectivity index (χ3v) is 4.47. The highest BCUT2D eigenvalue weighted by atomic mass is 16.6. The average Bonchev–Trinajstić information content (AvgIpc) is 2.97. The quantitative estimate of drug-likeness (QED) is 0.514. The van der Waals surface area contributed by atoms with Crippen LogP contribution in [0.5, 0.6) is 23.0 Å². The second-order valence-corrected chi connectivity index (χ2v) is 6.05. The molecule has 0 amide bonds. The minimum Gasteiger partial charge on any atom is -0.495 e. The Morgan fingerprint density at radius 2 is 1.56 bits per heavy atom. The van der Waals surface area contributed by atoms with Gasteiger partial charge >= 0.3 is 5.97 Å². The van der Waals surface area contributed by atoms with Crippen molar-refractivity contribution < 1.29 is 28.5 Å². The van der Waals surface area contributed by atoms with Crippen LogP contribution in [0.1, 0.15) is 24.2 Å². The normalized spacial score (nSPS) is 10.9. The molecule has 0 unspecified atom stereocenters. The van der Waals surface area contributed by atoms with E-state index < -0.39 is 5.97 Å². The molecule has 0 aliphatic carbocycles. The van der Waals surface area contributed by atoms with E-state index in [2.05, 4.69) is 0 Å². The SMILES string of the molecule is COc1c(C)c(OC)c2c(c1OC(C)=O)c1cccc(OC)c1n2C(C)=O. The third-order valence-electron chi connectivity index (χ3n) is 4.47. The highest BCUT2D eigenvalue weighted by Gasteiger charge is 2.29. The summed E-state index contributed by atoms with van der Waals surface area (Å²) in [4.78, 5) is 24.4. The molecule has 0 radical (unpaired) electrons. The molecule has 2 aromatic carbocycles. The fourth-order valence-corrected chi connectivity index (χ4v) is 3.53. The Hall–Kier alpha value is -3.22. The molecule has 7 nitrogen and oxygen atoms in total. The van der Waals surface area contributed by atoms with Gasteiger partial charge in [0.2, 0.25) is 5.91 Å². The number of hydrogen-bond acceptors (Lipinski definition) is 6. The van der Waals surface area contributed by atoms with Crippen LogP contribution < -0.4 is 18.9 Å². The van der Waals surface area contributed by atoms with Crippen LogP contribution in [0.25, 0.3) is 21.8 Å². The second-order valence-electron chi connectivity index (χ2n) is 6.05. The smallest absolute Gasteiger partial charge is 0.308 e. The second kappa shape index (κ2) is 6.83. The van der Waals surface area contributed by atoms with Crippen LogP contribution in [-0.4, -0.2) is 37.8 Å². The van der Waals surface area contributed by atoms with E-state index in [1.807, 2.05) is 6.07 Å².